The zero-order valence-corrected chi connectivity index (χ0v) is 13.3. The van der Waals surface area contributed by atoms with Crippen LogP contribution in [0, 0.1) is 0 Å². The van der Waals surface area contributed by atoms with Crippen molar-refractivity contribution in [1.29, 1.82) is 0 Å². The Hall–Kier alpha value is -1.27. The normalized spacial score (nSPS) is 14.6. The number of rotatable bonds is 5. The summed E-state index contributed by atoms with van der Waals surface area (Å²) in [6.07, 6.45) is 0.461. The maximum absolute atomic E-state index is 12.1. The molecule has 0 saturated carbocycles. The molecule has 1 amide bonds. The summed E-state index contributed by atoms with van der Waals surface area (Å²) < 4.78 is 24.2. The van der Waals surface area contributed by atoms with Gasteiger partial charge in [0.05, 0.1) is 16.6 Å². The van der Waals surface area contributed by atoms with Crippen LogP contribution in [-0.2, 0) is 14.6 Å². The smallest absolute Gasteiger partial charge is 0.242 e. The lowest BCUT2D eigenvalue weighted by Crippen LogP contribution is -2.37. The van der Waals surface area contributed by atoms with E-state index in [-0.39, 0.29) is 0 Å². The van der Waals surface area contributed by atoms with E-state index in [0.717, 1.165) is 0 Å². The van der Waals surface area contributed by atoms with Gasteiger partial charge in [0.15, 0.2) is 9.84 Å². The fraction of sp³-hybridized carbons (Fsp3) is 0.462. The van der Waals surface area contributed by atoms with Crippen molar-refractivity contribution in [3.8, 4) is 0 Å². The van der Waals surface area contributed by atoms with Crippen molar-refractivity contribution < 1.29 is 13.2 Å². The molecule has 0 radical (unpaired) electrons. The fourth-order valence-corrected chi connectivity index (χ4v) is 3.31. The molecule has 0 aromatic heterocycles. The quantitative estimate of drug-likeness (QED) is 0.816. The molecular weight excluding hydrogens is 300 g/mol. The van der Waals surface area contributed by atoms with Gasteiger partial charge in [0.2, 0.25) is 5.91 Å². The zero-order valence-electron chi connectivity index (χ0n) is 11.7. The third-order valence-electron chi connectivity index (χ3n) is 3.27. The topological polar surface area (TPSA) is 89.3 Å². The zero-order chi connectivity index (χ0) is 15.5. The highest BCUT2D eigenvalue weighted by atomic mass is 35.5. The second-order valence-corrected chi connectivity index (χ2v) is 7.80. The van der Waals surface area contributed by atoms with Gasteiger partial charge < -0.3 is 11.1 Å². The molecule has 0 fully saturated rings. The highest BCUT2D eigenvalue weighted by molar-refractivity contribution is 7.93. The number of halogens is 1. The summed E-state index contributed by atoms with van der Waals surface area (Å²) in [4.78, 5) is 12.0. The van der Waals surface area contributed by atoms with Crippen LogP contribution in [-0.4, -0.2) is 24.8 Å². The van der Waals surface area contributed by atoms with Gasteiger partial charge in [-0.25, -0.2) is 8.42 Å². The maximum atomic E-state index is 12.1. The van der Waals surface area contributed by atoms with Gasteiger partial charge in [0.25, 0.3) is 0 Å². The van der Waals surface area contributed by atoms with Crippen LogP contribution in [0.2, 0.25) is 5.02 Å². The lowest BCUT2D eigenvalue weighted by molar-refractivity contribution is -0.115. The van der Waals surface area contributed by atoms with Crippen LogP contribution in [0.5, 0.6) is 0 Å². The summed E-state index contributed by atoms with van der Waals surface area (Å²) in [5, 5.41) is 1.27. The number of hydrogen-bond donors (Lipinski definition) is 2. The summed E-state index contributed by atoms with van der Waals surface area (Å²) >= 11 is 5.76. The van der Waals surface area contributed by atoms with Crippen molar-refractivity contribution in [3.05, 3.63) is 23.2 Å². The van der Waals surface area contributed by atoms with Crippen LogP contribution in [0.3, 0.4) is 0 Å². The van der Waals surface area contributed by atoms with Gasteiger partial charge in [-0.15, -0.1) is 0 Å². The second kappa shape index (κ2) is 6.45. The summed E-state index contributed by atoms with van der Waals surface area (Å²) in [7, 11) is -3.51. The Bertz CT molecular complexity index is 602. The molecule has 1 aromatic rings. The third kappa shape index (κ3) is 3.64. The van der Waals surface area contributed by atoms with Crippen molar-refractivity contribution >= 4 is 38.7 Å². The molecule has 5 nitrogen and oxygen atoms in total. The van der Waals surface area contributed by atoms with Gasteiger partial charge in [-0.05, 0) is 38.5 Å². The number of carbonyl (C=O) groups excluding carboxylic acids is 1. The summed E-state index contributed by atoms with van der Waals surface area (Å²) in [5.74, 6) is -0.598. The van der Waals surface area contributed by atoms with E-state index < -0.39 is 26.2 Å². The molecule has 112 valence electrons. The summed E-state index contributed by atoms with van der Waals surface area (Å²) in [5.41, 5.74) is 6.36. The number of benzene rings is 1. The fourth-order valence-electron chi connectivity index (χ4n) is 1.61. The van der Waals surface area contributed by atoms with Crippen molar-refractivity contribution in [1.82, 2.24) is 0 Å². The van der Waals surface area contributed by atoms with Crippen molar-refractivity contribution in [3.63, 3.8) is 0 Å². The number of anilines is 2. The second-order valence-electron chi connectivity index (χ2n) is 4.67. The Morgan fingerprint density at radius 2 is 2.00 bits per heavy atom. The van der Waals surface area contributed by atoms with Crippen LogP contribution in [0.4, 0.5) is 11.4 Å². The average Bonchev–Trinajstić information content (AvgIpc) is 2.39. The standard InChI is InChI=1S/C13H19ClN2O3S/c1-4-8(2)20(18,19)9(3)13(17)16-12-6-5-10(14)7-11(12)15/h5-9H,4,15H2,1-3H3,(H,16,17). The van der Waals surface area contributed by atoms with Gasteiger partial charge in [0.1, 0.15) is 5.25 Å². The Balaban J connectivity index is 2.91. The first-order valence-electron chi connectivity index (χ1n) is 6.28. The average molecular weight is 319 g/mol. The number of hydrogen-bond acceptors (Lipinski definition) is 4. The first-order chi connectivity index (χ1) is 9.20. The van der Waals surface area contributed by atoms with Gasteiger partial charge in [-0.2, -0.15) is 0 Å². The van der Waals surface area contributed by atoms with E-state index in [1.54, 1.807) is 19.9 Å². The van der Waals surface area contributed by atoms with Crippen molar-refractivity contribution in [2.24, 2.45) is 0 Å². The lowest BCUT2D eigenvalue weighted by atomic mass is 10.2. The summed E-state index contributed by atoms with van der Waals surface area (Å²) in [6, 6.07) is 4.60. The van der Waals surface area contributed by atoms with E-state index in [1.165, 1.54) is 19.1 Å². The molecular formula is C13H19ClN2O3S. The molecule has 1 rings (SSSR count). The molecule has 0 saturated heterocycles. The van der Waals surface area contributed by atoms with E-state index in [1.807, 2.05) is 0 Å². The predicted molar refractivity (Wildman–Crippen MR) is 82.6 cm³/mol. The van der Waals surface area contributed by atoms with E-state index >= 15 is 0 Å². The van der Waals surface area contributed by atoms with E-state index in [2.05, 4.69) is 5.32 Å². The highest BCUT2D eigenvalue weighted by Crippen LogP contribution is 2.23. The molecule has 2 unspecified atom stereocenters. The number of carbonyl (C=O) groups is 1. The van der Waals surface area contributed by atoms with E-state index in [9.17, 15) is 13.2 Å². The molecule has 1 aromatic carbocycles. The minimum atomic E-state index is -3.51. The Morgan fingerprint density at radius 1 is 1.40 bits per heavy atom. The SMILES string of the molecule is CCC(C)S(=O)(=O)C(C)C(=O)Nc1ccc(Cl)cc1N. The largest absolute Gasteiger partial charge is 0.397 e. The van der Waals surface area contributed by atoms with E-state index in [0.29, 0.717) is 22.8 Å². The number of nitrogen functional groups attached to an aromatic ring is 1. The van der Waals surface area contributed by atoms with Crippen molar-refractivity contribution in [2.75, 3.05) is 11.1 Å². The molecule has 0 aliphatic rings. The number of nitrogens with one attached hydrogen (secondary N) is 1. The maximum Gasteiger partial charge on any atom is 0.242 e. The first-order valence-corrected chi connectivity index (χ1v) is 8.27. The van der Waals surface area contributed by atoms with Crippen LogP contribution in [0.1, 0.15) is 27.2 Å². The Morgan fingerprint density at radius 3 is 2.50 bits per heavy atom. The molecule has 0 spiro atoms. The Labute approximate surface area is 124 Å². The molecule has 2 atom stereocenters. The molecule has 0 heterocycles. The third-order valence-corrected chi connectivity index (χ3v) is 6.16. The lowest BCUT2D eigenvalue weighted by Gasteiger charge is -2.18. The van der Waals surface area contributed by atoms with Gasteiger partial charge >= 0.3 is 0 Å². The van der Waals surface area contributed by atoms with Crippen LogP contribution in [0.15, 0.2) is 18.2 Å². The highest BCUT2D eigenvalue weighted by Gasteiger charge is 2.32. The van der Waals surface area contributed by atoms with Gasteiger partial charge in [0, 0.05) is 5.02 Å². The molecule has 3 N–H and O–H groups in total. The molecule has 7 heteroatoms. The van der Waals surface area contributed by atoms with Crippen molar-refractivity contribution in [2.45, 2.75) is 37.7 Å². The van der Waals surface area contributed by atoms with Gasteiger partial charge in [-0.1, -0.05) is 18.5 Å². The number of nitrogens with two attached hydrogens (primary N) is 1. The van der Waals surface area contributed by atoms with Gasteiger partial charge in [-0.3, -0.25) is 4.79 Å². The number of amides is 1. The van der Waals surface area contributed by atoms with Crippen LogP contribution < -0.4 is 11.1 Å². The monoisotopic (exact) mass is 318 g/mol. The summed E-state index contributed by atoms with van der Waals surface area (Å²) in [6.45, 7) is 4.74. The Kier molecular flexibility index (Phi) is 5.42. The van der Waals surface area contributed by atoms with E-state index in [4.69, 9.17) is 17.3 Å². The molecule has 20 heavy (non-hydrogen) atoms. The number of sulfone groups is 1. The minimum Gasteiger partial charge on any atom is -0.397 e. The first kappa shape index (κ1) is 16.8. The molecule has 0 aliphatic heterocycles. The minimum absolute atomic E-state index is 0.291. The van der Waals surface area contributed by atoms with Crippen LogP contribution >= 0.6 is 11.6 Å². The molecule has 0 bridgehead atoms. The van der Waals surface area contributed by atoms with Crippen LogP contribution in [0.25, 0.3) is 0 Å². The predicted octanol–water partition coefficient (Wildman–Crippen LogP) is 2.46. The molecule has 0 aliphatic carbocycles.